The highest BCUT2D eigenvalue weighted by molar-refractivity contribution is 5.88. The molecule has 3 aromatic carbocycles. The first-order chi connectivity index (χ1) is 17.4. The maximum absolute atomic E-state index is 13.6. The van der Waals surface area contributed by atoms with Crippen LogP contribution < -0.4 is 14.8 Å². The Morgan fingerprint density at radius 3 is 2.14 bits per heavy atom. The maximum atomic E-state index is 13.6. The fourth-order valence-corrected chi connectivity index (χ4v) is 3.79. The van der Waals surface area contributed by atoms with Crippen molar-refractivity contribution >= 4 is 11.8 Å². The Labute approximate surface area is 214 Å². The molecule has 0 radical (unpaired) electrons. The number of nitrogens with one attached hydrogen (secondary N) is 1. The molecule has 2 unspecified atom stereocenters. The standard InChI is InChI=1S/C30H36N2O4/c1-5-23(3)31-30(34)28(19-24-9-7-6-8-10-24)32(20-25-13-11-22(2)12-14-25)29(33)21-36-27-17-15-26(35-4)16-18-27/h6-18,23,28H,5,19-21H2,1-4H3,(H,31,34). The molecule has 6 heteroatoms. The molecule has 0 aliphatic heterocycles. The van der Waals surface area contributed by atoms with E-state index in [0.717, 1.165) is 23.1 Å². The van der Waals surface area contributed by atoms with Crippen LogP contribution in [0, 0.1) is 6.92 Å². The van der Waals surface area contributed by atoms with Crippen LogP contribution in [-0.2, 0) is 22.6 Å². The van der Waals surface area contributed by atoms with Gasteiger partial charge >= 0.3 is 0 Å². The largest absolute Gasteiger partial charge is 0.497 e. The van der Waals surface area contributed by atoms with Gasteiger partial charge in [0.1, 0.15) is 17.5 Å². The van der Waals surface area contributed by atoms with Crippen molar-refractivity contribution < 1.29 is 19.1 Å². The van der Waals surface area contributed by atoms with Crippen LogP contribution in [0.25, 0.3) is 0 Å². The number of amides is 2. The highest BCUT2D eigenvalue weighted by atomic mass is 16.5. The molecule has 0 bridgehead atoms. The highest BCUT2D eigenvalue weighted by Gasteiger charge is 2.31. The van der Waals surface area contributed by atoms with E-state index in [9.17, 15) is 9.59 Å². The lowest BCUT2D eigenvalue weighted by molar-refractivity contribution is -0.143. The van der Waals surface area contributed by atoms with E-state index in [4.69, 9.17) is 9.47 Å². The number of carbonyl (C=O) groups excluding carboxylic acids is 2. The van der Waals surface area contributed by atoms with Crippen molar-refractivity contribution in [3.05, 3.63) is 95.6 Å². The number of aryl methyl sites for hydroxylation is 1. The van der Waals surface area contributed by atoms with Crippen LogP contribution >= 0.6 is 0 Å². The molecule has 0 aliphatic carbocycles. The minimum atomic E-state index is -0.685. The SMILES string of the molecule is CCC(C)NC(=O)C(Cc1ccccc1)N(Cc1ccc(C)cc1)C(=O)COc1ccc(OC)cc1. The van der Waals surface area contributed by atoms with Crippen LogP contribution in [-0.4, -0.2) is 42.5 Å². The summed E-state index contributed by atoms with van der Waals surface area (Å²) in [6.07, 6.45) is 1.21. The van der Waals surface area contributed by atoms with Gasteiger partial charge in [-0.25, -0.2) is 0 Å². The number of hydrogen-bond donors (Lipinski definition) is 1. The van der Waals surface area contributed by atoms with Crippen molar-refractivity contribution in [2.45, 2.75) is 52.2 Å². The minimum absolute atomic E-state index is 0.00245. The Balaban J connectivity index is 1.88. The lowest BCUT2D eigenvalue weighted by Crippen LogP contribution is -2.53. The molecule has 0 saturated heterocycles. The number of carbonyl (C=O) groups is 2. The Morgan fingerprint density at radius 2 is 1.53 bits per heavy atom. The molecule has 36 heavy (non-hydrogen) atoms. The molecule has 0 aliphatic rings. The molecular weight excluding hydrogens is 452 g/mol. The van der Waals surface area contributed by atoms with E-state index in [1.54, 1.807) is 36.3 Å². The van der Waals surface area contributed by atoms with Crippen LogP contribution in [0.4, 0.5) is 0 Å². The van der Waals surface area contributed by atoms with Gasteiger partial charge in [-0.1, -0.05) is 67.1 Å². The fourth-order valence-electron chi connectivity index (χ4n) is 3.79. The molecular formula is C30H36N2O4. The number of ether oxygens (including phenoxy) is 2. The Hall–Kier alpha value is -3.80. The topological polar surface area (TPSA) is 67.9 Å². The molecule has 2 atom stereocenters. The Morgan fingerprint density at radius 1 is 0.889 bits per heavy atom. The summed E-state index contributed by atoms with van der Waals surface area (Å²) in [5.74, 6) is 0.840. The molecule has 6 nitrogen and oxygen atoms in total. The molecule has 0 heterocycles. The number of benzene rings is 3. The van der Waals surface area contributed by atoms with Gasteiger partial charge < -0.3 is 19.7 Å². The van der Waals surface area contributed by atoms with Gasteiger partial charge in [0.05, 0.1) is 7.11 Å². The average Bonchev–Trinajstić information content (AvgIpc) is 2.91. The van der Waals surface area contributed by atoms with Gasteiger partial charge in [-0.05, 0) is 55.7 Å². The fraction of sp³-hybridized carbons (Fsp3) is 0.333. The Kier molecular flexibility index (Phi) is 9.92. The average molecular weight is 489 g/mol. The van der Waals surface area contributed by atoms with E-state index in [2.05, 4.69) is 5.32 Å². The van der Waals surface area contributed by atoms with Crippen LogP contribution in [0.2, 0.25) is 0 Å². The number of rotatable bonds is 12. The third-order valence-corrected chi connectivity index (χ3v) is 6.17. The van der Waals surface area contributed by atoms with E-state index in [0.29, 0.717) is 24.5 Å². The molecule has 1 N–H and O–H groups in total. The van der Waals surface area contributed by atoms with Crippen molar-refractivity contribution in [1.29, 1.82) is 0 Å². The first-order valence-corrected chi connectivity index (χ1v) is 12.4. The van der Waals surface area contributed by atoms with Crippen LogP contribution in [0.1, 0.15) is 37.0 Å². The Bertz CT molecular complexity index is 1100. The number of hydrogen-bond acceptors (Lipinski definition) is 4. The third kappa shape index (κ3) is 7.87. The van der Waals surface area contributed by atoms with Crippen LogP contribution in [0.3, 0.4) is 0 Å². The van der Waals surface area contributed by atoms with Gasteiger partial charge in [0, 0.05) is 19.0 Å². The van der Waals surface area contributed by atoms with Crippen molar-refractivity contribution in [1.82, 2.24) is 10.2 Å². The molecule has 0 spiro atoms. The van der Waals surface area contributed by atoms with E-state index in [1.165, 1.54) is 0 Å². The zero-order valence-electron chi connectivity index (χ0n) is 21.6. The van der Waals surface area contributed by atoms with Crippen LogP contribution in [0.5, 0.6) is 11.5 Å². The molecule has 3 rings (SSSR count). The van der Waals surface area contributed by atoms with Gasteiger partial charge in [-0.3, -0.25) is 9.59 Å². The zero-order chi connectivity index (χ0) is 25.9. The van der Waals surface area contributed by atoms with Gasteiger partial charge in [0.15, 0.2) is 6.61 Å². The molecule has 0 aromatic heterocycles. The lowest BCUT2D eigenvalue weighted by atomic mass is 10.0. The van der Waals surface area contributed by atoms with E-state index in [1.807, 2.05) is 75.4 Å². The van der Waals surface area contributed by atoms with Gasteiger partial charge in [-0.2, -0.15) is 0 Å². The molecule has 190 valence electrons. The second-order valence-electron chi connectivity index (χ2n) is 8.99. The highest BCUT2D eigenvalue weighted by Crippen LogP contribution is 2.19. The second kappa shape index (κ2) is 13.3. The first-order valence-electron chi connectivity index (χ1n) is 12.4. The summed E-state index contributed by atoms with van der Waals surface area (Å²) in [6, 6.07) is 24.2. The zero-order valence-corrected chi connectivity index (χ0v) is 21.6. The summed E-state index contributed by atoms with van der Waals surface area (Å²) in [4.78, 5) is 28.7. The van der Waals surface area contributed by atoms with Crippen molar-refractivity contribution in [3.63, 3.8) is 0 Å². The van der Waals surface area contributed by atoms with Crippen molar-refractivity contribution in [3.8, 4) is 11.5 Å². The minimum Gasteiger partial charge on any atom is -0.497 e. The first kappa shape index (κ1) is 26.8. The van der Waals surface area contributed by atoms with Crippen molar-refractivity contribution in [2.24, 2.45) is 0 Å². The van der Waals surface area contributed by atoms with Crippen molar-refractivity contribution in [2.75, 3.05) is 13.7 Å². The quantitative estimate of drug-likeness (QED) is 0.392. The third-order valence-electron chi connectivity index (χ3n) is 6.17. The summed E-state index contributed by atoms with van der Waals surface area (Å²) >= 11 is 0. The van der Waals surface area contributed by atoms with E-state index >= 15 is 0 Å². The summed E-state index contributed by atoms with van der Waals surface area (Å²) in [7, 11) is 1.60. The monoisotopic (exact) mass is 488 g/mol. The number of nitrogens with zero attached hydrogens (tertiary/aromatic N) is 1. The van der Waals surface area contributed by atoms with E-state index in [-0.39, 0.29) is 24.5 Å². The predicted molar refractivity (Wildman–Crippen MR) is 142 cm³/mol. The normalized spacial score (nSPS) is 12.3. The van der Waals surface area contributed by atoms with Gasteiger partial charge in [0.25, 0.3) is 5.91 Å². The smallest absolute Gasteiger partial charge is 0.261 e. The summed E-state index contributed by atoms with van der Waals surface area (Å²) in [5.41, 5.74) is 3.07. The molecule has 0 saturated carbocycles. The molecule has 2 amide bonds. The van der Waals surface area contributed by atoms with Crippen LogP contribution in [0.15, 0.2) is 78.9 Å². The second-order valence-corrected chi connectivity index (χ2v) is 8.99. The summed E-state index contributed by atoms with van der Waals surface area (Å²) < 4.78 is 11.0. The predicted octanol–water partition coefficient (Wildman–Crippen LogP) is 4.94. The van der Waals surface area contributed by atoms with E-state index < -0.39 is 6.04 Å². The summed E-state index contributed by atoms with van der Waals surface area (Å²) in [5, 5.41) is 3.08. The lowest BCUT2D eigenvalue weighted by Gasteiger charge is -2.32. The summed E-state index contributed by atoms with van der Waals surface area (Å²) in [6.45, 7) is 6.13. The van der Waals surface area contributed by atoms with Gasteiger partial charge in [0.2, 0.25) is 5.91 Å². The van der Waals surface area contributed by atoms with Gasteiger partial charge in [-0.15, -0.1) is 0 Å². The maximum Gasteiger partial charge on any atom is 0.261 e. The number of methoxy groups -OCH3 is 1. The molecule has 3 aromatic rings. The molecule has 0 fully saturated rings.